The molecule has 0 amide bonds. The molecule has 0 N–H and O–H groups in total. The molecule has 3 rings (SSSR count). The van der Waals surface area contributed by atoms with Crippen molar-refractivity contribution in [1.82, 2.24) is 9.38 Å². The summed E-state index contributed by atoms with van der Waals surface area (Å²) in [6, 6.07) is 13.7. The second kappa shape index (κ2) is 7.13. The van der Waals surface area contributed by atoms with Crippen LogP contribution in [-0.4, -0.2) is 22.1 Å². The molecule has 0 atom stereocenters. The Labute approximate surface area is 147 Å². The molecular weight excluding hydrogens is 312 g/mol. The molecule has 3 aromatic rings. The average Bonchev–Trinajstić information content (AvgIpc) is 2.92. The van der Waals surface area contributed by atoms with E-state index in [9.17, 15) is 0 Å². The van der Waals surface area contributed by atoms with Gasteiger partial charge in [0.15, 0.2) is 0 Å². The summed E-state index contributed by atoms with van der Waals surface area (Å²) in [5.74, 6) is 0.671. The summed E-state index contributed by atoms with van der Waals surface area (Å²) in [5, 5.41) is 0. The van der Waals surface area contributed by atoms with Gasteiger partial charge in [0.2, 0.25) is 0 Å². The number of aromatic nitrogens is 2. The van der Waals surface area contributed by atoms with Gasteiger partial charge < -0.3 is 9.14 Å². The van der Waals surface area contributed by atoms with Gasteiger partial charge in [0.05, 0.1) is 5.69 Å². The smallest absolute Gasteiger partial charge is 0.321 e. The second-order valence-electron chi connectivity index (χ2n) is 5.72. The summed E-state index contributed by atoms with van der Waals surface area (Å²) in [4.78, 5) is 12.7. The number of hydrogen-bond donors (Lipinski definition) is 0. The molecule has 0 saturated heterocycles. The molecule has 0 saturated carbocycles. The lowest BCUT2D eigenvalue weighted by atomic mass is 10.1. The number of pyridine rings is 1. The molecule has 1 aromatic carbocycles. The van der Waals surface area contributed by atoms with Gasteiger partial charge in [-0.2, -0.15) is 0 Å². The molecule has 0 aliphatic carbocycles. The van der Waals surface area contributed by atoms with E-state index >= 15 is 0 Å². The third kappa shape index (κ3) is 3.66. The highest BCUT2D eigenvalue weighted by atomic mass is 16.5. The molecule has 5 nitrogen and oxygen atoms in total. The molecule has 2 heterocycles. The Hall–Kier alpha value is -3.21. The highest BCUT2D eigenvalue weighted by Crippen LogP contribution is 2.18. The molecular formula is C20H20N4O. The number of aliphatic imine (C=N–C) groups is 2. The van der Waals surface area contributed by atoms with E-state index < -0.39 is 0 Å². The first-order valence-corrected chi connectivity index (χ1v) is 7.98. The topological polar surface area (TPSA) is 51.2 Å². The summed E-state index contributed by atoms with van der Waals surface area (Å²) >= 11 is 0. The fourth-order valence-electron chi connectivity index (χ4n) is 2.45. The van der Waals surface area contributed by atoms with Crippen LogP contribution < -0.4 is 4.74 Å². The van der Waals surface area contributed by atoms with Crippen molar-refractivity contribution in [2.24, 2.45) is 9.98 Å². The maximum Gasteiger partial charge on any atom is 0.321 e. The van der Waals surface area contributed by atoms with Crippen molar-refractivity contribution in [2.75, 3.05) is 0 Å². The zero-order chi connectivity index (χ0) is 17.8. The minimum atomic E-state index is 0.208. The number of nitrogens with zero attached hydrogens (tertiary/aromatic N) is 4. The van der Waals surface area contributed by atoms with E-state index in [2.05, 4.69) is 33.0 Å². The van der Waals surface area contributed by atoms with Crippen LogP contribution in [0.4, 0.5) is 0 Å². The standard InChI is InChI=1S/C20H20N4O/c1-14(13-22-20(21-4)25-18-8-6-5-7-9-18)17-10-11-24-16(3)15(2)23-19(24)12-17/h5-13H,4H2,1-3H3/b14-13+,22-20+. The van der Waals surface area contributed by atoms with Gasteiger partial charge in [-0.25, -0.2) is 15.0 Å². The Bertz CT molecular complexity index is 968. The van der Waals surface area contributed by atoms with Gasteiger partial charge in [-0.3, -0.25) is 0 Å². The van der Waals surface area contributed by atoms with Gasteiger partial charge in [-0.15, -0.1) is 0 Å². The van der Waals surface area contributed by atoms with Crippen LogP contribution in [0.5, 0.6) is 5.75 Å². The lowest BCUT2D eigenvalue weighted by Gasteiger charge is -2.04. The molecule has 5 heteroatoms. The van der Waals surface area contributed by atoms with Gasteiger partial charge in [0.1, 0.15) is 11.4 Å². The summed E-state index contributed by atoms with van der Waals surface area (Å²) in [7, 11) is 0. The summed E-state index contributed by atoms with van der Waals surface area (Å²) < 4.78 is 7.67. The van der Waals surface area contributed by atoms with Crippen LogP contribution in [-0.2, 0) is 0 Å². The fourth-order valence-corrected chi connectivity index (χ4v) is 2.45. The zero-order valence-electron chi connectivity index (χ0n) is 14.6. The number of fused-ring (bicyclic) bond motifs is 1. The first-order chi connectivity index (χ1) is 12.1. The van der Waals surface area contributed by atoms with Crippen LogP contribution >= 0.6 is 0 Å². The van der Waals surface area contributed by atoms with Crippen molar-refractivity contribution >= 4 is 24.0 Å². The zero-order valence-corrected chi connectivity index (χ0v) is 14.6. The summed E-state index contributed by atoms with van der Waals surface area (Å²) in [6.07, 6.45) is 3.75. The van der Waals surface area contributed by atoms with E-state index in [1.807, 2.05) is 62.5 Å². The van der Waals surface area contributed by atoms with Gasteiger partial charge in [-0.1, -0.05) is 18.2 Å². The minimum Gasteiger partial charge on any atom is -0.424 e. The van der Waals surface area contributed by atoms with Crippen molar-refractivity contribution < 1.29 is 4.74 Å². The van der Waals surface area contributed by atoms with Crippen molar-refractivity contribution in [1.29, 1.82) is 0 Å². The molecule has 0 radical (unpaired) electrons. The van der Waals surface area contributed by atoms with Crippen molar-refractivity contribution in [3.05, 3.63) is 71.8 Å². The van der Waals surface area contributed by atoms with Crippen LogP contribution in [0.15, 0.2) is 64.8 Å². The van der Waals surface area contributed by atoms with Crippen LogP contribution in [0.2, 0.25) is 0 Å². The van der Waals surface area contributed by atoms with Crippen molar-refractivity contribution in [3.8, 4) is 5.75 Å². The maximum atomic E-state index is 5.60. The van der Waals surface area contributed by atoms with E-state index in [-0.39, 0.29) is 6.02 Å². The minimum absolute atomic E-state index is 0.208. The van der Waals surface area contributed by atoms with Crippen LogP contribution in [0.1, 0.15) is 23.9 Å². The number of hydrogen-bond acceptors (Lipinski definition) is 3. The predicted molar refractivity (Wildman–Crippen MR) is 102 cm³/mol. The number of para-hydroxylation sites is 1. The SMILES string of the molecule is C=N/C(=N\C=C(/C)c1ccn2c(C)c(C)nc2c1)Oc1ccccc1. The molecule has 0 aliphatic rings. The average molecular weight is 332 g/mol. The highest BCUT2D eigenvalue weighted by Gasteiger charge is 2.06. The number of ether oxygens (including phenoxy) is 1. The monoisotopic (exact) mass is 332 g/mol. The Kier molecular flexibility index (Phi) is 4.75. The number of benzene rings is 1. The first-order valence-electron chi connectivity index (χ1n) is 7.98. The molecule has 0 spiro atoms. The van der Waals surface area contributed by atoms with E-state index in [1.54, 1.807) is 6.20 Å². The lowest BCUT2D eigenvalue weighted by Crippen LogP contribution is -2.03. The number of aryl methyl sites for hydroxylation is 2. The molecule has 0 unspecified atom stereocenters. The molecule has 0 aliphatic heterocycles. The van der Waals surface area contributed by atoms with Gasteiger partial charge in [-0.05, 0) is 62.9 Å². The molecule has 0 bridgehead atoms. The Morgan fingerprint density at radius 2 is 1.96 bits per heavy atom. The van der Waals surface area contributed by atoms with Gasteiger partial charge >= 0.3 is 6.02 Å². The van der Waals surface area contributed by atoms with E-state index in [1.165, 1.54) is 0 Å². The van der Waals surface area contributed by atoms with Crippen LogP contribution in [0.3, 0.4) is 0 Å². The molecule has 0 fully saturated rings. The van der Waals surface area contributed by atoms with Crippen molar-refractivity contribution in [3.63, 3.8) is 0 Å². The van der Waals surface area contributed by atoms with Crippen LogP contribution in [0.25, 0.3) is 11.2 Å². The van der Waals surface area contributed by atoms with E-state index in [4.69, 9.17) is 4.74 Å². The number of allylic oxidation sites excluding steroid dienone is 1. The normalized spacial score (nSPS) is 12.4. The molecule has 2 aromatic heterocycles. The Morgan fingerprint density at radius 1 is 1.20 bits per heavy atom. The molecule has 25 heavy (non-hydrogen) atoms. The second-order valence-corrected chi connectivity index (χ2v) is 5.72. The predicted octanol–water partition coefficient (Wildman–Crippen LogP) is 4.45. The molecule has 126 valence electrons. The van der Waals surface area contributed by atoms with Crippen LogP contribution in [0, 0.1) is 13.8 Å². The fraction of sp³-hybridized carbons (Fsp3) is 0.150. The third-order valence-electron chi connectivity index (χ3n) is 4.01. The summed E-state index contributed by atoms with van der Waals surface area (Å²) in [5.41, 5.74) is 5.14. The summed E-state index contributed by atoms with van der Waals surface area (Å²) in [6.45, 7) is 9.57. The van der Waals surface area contributed by atoms with Gasteiger partial charge in [0.25, 0.3) is 0 Å². The maximum absolute atomic E-state index is 5.60. The number of imidazole rings is 1. The first kappa shape index (κ1) is 16.6. The number of amidine groups is 1. The van der Waals surface area contributed by atoms with Gasteiger partial charge in [0, 0.05) is 18.1 Å². The lowest BCUT2D eigenvalue weighted by molar-refractivity contribution is 0.543. The van der Waals surface area contributed by atoms with Crippen molar-refractivity contribution in [2.45, 2.75) is 20.8 Å². The number of rotatable bonds is 3. The largest absolute Gasteiger partial charge is 0.424 e. The Balaban J connectivity index is 1.85. The Morgan fingerprint density at radius 3 is 2.68 bits per heavy atom. The highest BCUT2D eigenvalue weighted by molar-refractivity contribution is 5.82. The quantitative estimate of drug-likeness (QED) is 0.525. The van der Waals surface area contributed by atoms with E-state index in [0.29, 0.717) is 5.75 Å². The van der Waals surface area contributed by atoms with E-state index in [0.717, 1.165) is 28.2 Å². The third-order valence-corrected chi connectivity index (χ3v) is 4.01.